The third kappa shape index (κ3) is 7.07. The predicted octanol–water partition coefficient (Wildman–Crippen LogP) is 2.88. The summed E-state index contributed by atoms with van der Waals surface area (Å²) < 4.78 is 43.3. The molecule has 4 N–H and O–H groups in total. The largest absolute Gasteiger partial charge is 0.476 e. The van der Waals surface area contributed by atoms with Crippen molar-refractivity contribution < 1.29 is 37.7 Å². The second-order valence-electron chi connectivity index (χ2n) is 9.43. The quantitative estimate of drug-likeness (QED) is 0.0837. The van der Waals surface area contributed by atoms with Gasteiger partial charge in [0, 0.05) is 4.91 Å². The Labute approximate surface area is 240 Å². The number of aromatic nitrogens is 4. The van der Waals surface area contributed by atoms with Crippen LogP contribution >= 0.6 is 7.75 Å². The van der Waals surface area contributed by atoms with Crippen molar-refractivity contribution in [3.05, 3.63) is 47.1 Å². The van der Waals surface area contributed by atoms with Crippen molar-refractivity contribution in [1.82, 2.24) is 24.6 Å². The number of ether oxygens (including phenoxy) is 3. The molecule has 0 radical (unpaired) electrons. The molecule has 1 aromatic carbocycles. The number of aliphatic hydroxyl groups is 1. The zero-order valence-electron chi connectivity index (χ0n) is 23.3. The van der Waals surface area contributed by atoms with E-state index >= 15 is 0 Å². The van der Waals surface area contributed by atoms with Gasteiger partial charge in [0.25, 0.3) is 0 Å². The van der Waals surface area contributed by atoms with Crippen molar-refractivity contribution in [2.24, 2.45) is 5.11 Å². The normalized spacial score (nSPS) is 22.3. The minimum Gasteiger partial charge on any atom is -0.476 e. The van der Waals surface area contributed by atoms with Crippen LogP contribution in [0.1, 0.15) is 33.9 Å². The Kier molecular flexibility index (Phi) is 9.83. The molecule has 226 valence electrons. The molecule has 1 aliphatic heterocycles. The number of azide groups is 1. The molecule has 0 bridgehead atoms. The first-order valence-corrected chi connectivity index (χ1v) is 14.6. The van der Waals surface area contributed by atoms with E-state index in [0.29, 0.717) is 6.61 Å². The molecule has 18 heteroatoms. The molecule has 1 aliphatic rings. The Morgan fingerprint density at radius 3 is 2.71 bits per heavy atom. The summed E-state index contributed by atoms with van der Waals surface area (Å²) in [4.78, 5) is 27.8. The molecule has 17 nitrogen and oxygen atoms in total. The van der Waals surface area contributed by atoms with E-state index in [0.717, 1.165) is 0 Å². The Bertz CT molecular complexity index is 1480. The van der Waals surface area contributed by atoms with E-state index < -0.39 is 56.9 Å². The van der Waals surface area contributed by atoms with E-state index in [1.165, 1.54) is 17.8 Å². The Morgan fingerprint density at radius 1 is 1.31 bits per heavy atom. The van der Waals surface area contributed by atoms with E-state index in [1.54, 1.807) is 51.1 Å². The number of carbonyl (C=O) groups is 1. The van der Waals surface area contributed by atoms with E-state index in [2.05, 4.69) is 30.1 Å². The fourth-order valence-corrected chi connectivity index (χ4v) is 5.62. The number of carbonyl (C=O) groups excluding carboxylic acids is 1. The van der Waals surface area contributed by atoms with Gasteiger partial charge in [-0.15, -0.1) is 0 Å². The molecule has 0 aliphatic carbocycles. The number of nitrogens with zero attached hydrogens (tertiary/aromatic N) is 7. The third-order valence-corrected chi connectivity index (χ3v) is 7.56. The van der Waals surface area contributed by atoms with Crippen LogP contribution in [0.2, 0.25) is 0 Å². The van der Waals surface area contributed by atoms with Crippen LogP contribution in [0, 0.1) is 0 Å². The number of rotatable bonds is 13. The third-order valence-electron chi connectivity index (χ3n) is 5.92. The van der Waals surface area contributed by atoms with Crippen LogP contribution < -0.4 is 20.1 Å². The molecule has 3 heterocycles. The molecule has 42 heavy (non-hydrogen) atoms. The first kappa shape index (κ1) is 31.0. The minimum absolute atomic E-state index is 0.0957. The maximum absolute atomic E-state index is 13.8. The zero-order chi connectivity index (χ0) is 30.4. The van der Waals surface area contributed by atoms with Gasteiger partial charge in [-0.3, -0.25) is 13.9 Å². The fourth-order valence-electron chi connectivity index (χ4n) is 4.12. The molecule has 0 saturated carbocycles. The van der Waals surface area contributed by atoms with Gasteiger partial charge in [0.15, 0.2) is 11.2 Å². The highest BCUT2D eigenvalue weighted by molar-refractivity contribution is 7.52. The van der Waals surface area contributed by atoms with E-state index in [9.17, 15) is 20.0 Å². The van der Waals surface area contributed by atoms with Gasteiger partial charge in [0.1, 0.15) is 30.2 Å². The van der Waals surface area contributed by atoms with Crippen molar-refractivity contribution in [3.63, 3.8) is 0 Å². The van der Waals surface area contributed by atoms with Crippen molar-refractivity contribution >= 4 is 30.8 Å². The van der Waals surface area contributed by atoms with Crippen LogP contribution in [0.25, 0.3) is 21.6 Å². The smallest absolute Gasteiger partial charge is 0.459 e. The number of hydrogen-bond donors (Lipinski definition) is 3. The van der Waals surface area contributed by atoms with Crippen LogP contribution in [-0.2, 0) is 23.4 Å². The molecule has 4 rings (SSSR count). The van der Waals surface area contributed by atoms with Gasteiger partial charge < -0.3 is 29.6 Å². The highest BCUT2D eigenvalue weighted by Crippen LogP contribution is 2.46. The standard InChI is InChI=1S/C24H32N9O8P/c1-5-37-21-18-20(28-24(25)29-21)33(12-27-18)22-17(30-32-26)19(34)16(40-22)11-38-42(36,41-15-9-7-6-8-10-15)31-14(4)23(35)39-13(2)3/h6-10,12-14,16-17,19,22,34H,5,11H2,1-4H3,(H,31,36)(H2,25,28,29)/t14-,16-,17-,19-,22-,42+/m1/s1. The number of para-hydroxylation sites is 1. The van der Waals surface area contributed by atoms with Gasteiger partial charge in [-0.2, -0.15) is 15.1 Å². The predicted molar refractivity (Wildman–Crippen MR) is 148 cm³/mol. The average Bonchev–Trinajstić information content (AvgIpc) is 3.48. The number of hydrogen-bond acceptors (Lipinski definition) is 13. The lowest BCUT2D eigenvalue weighted by Crippen LogP contribution is -2.37. The van der Waals surface area contributed by atoms with Crippen molar-refractivity contribution in [2.45, 2.75) is 64.3 Å². The van der Waals surface area contributed by atoms with Gasteiger partial charge in [-0.1, -0.05) is 23.3 Å². The molecular formula is C24H32N9O8P. The highest BCUT2D eigenvalue weighted by atomic mass is 31.2. The highest BCUT2D eigenvalue weighted by Gasteiger charge is 2.46. The van der Waals surface area contributed by atoms with Gasteiger partial charge in [0.2, 0.25) is 11.8 Å². The SMILES string of the molecule is CCOc1nc(N)nc2c1ncn2[C@@H]1O[C@H](CO[P@@](=O)(N[C@H](C)C(=O)OC(C)C)Oc2ccccc2)[C@@H](O)[C@H]1N=[N+]=[N-]. The number of benzene rings is 1. The summed E-state index contributed by atoms with van der Waals surface area (Å²) >= 11 is 0. The number of nitrogen functional groups attached to an aromatic ring is 1. The topological polar surface area (TPSA) is 231 Å². The van der Waals surface area contributed by atoms with Gasteiger partial charge in [-0.05, 0) is 45.4 Å². The average molecular weight is 606 g/mol. The molecule has 0 spiro atoms. The zero-order valence-corrected chi connectivity index (χ0v) is 24.2. The van der Waals surface area contributed by atoms with E-state index in [-0.39, 0.29) is 28.7 Å². The second-order valence-corrected chi connectivity index (χ2v) is 11.1. The van der Waals surface area contributed by atoms with E-state index in [1.807, 2.05) is 0 Å². The first-order valence-electron chi connectivity index (χ1n) is 13.0. The summed E-state index contributed by atoms with van der Waals surface area (Å²) in [7, 11) is -4.27. The Hall–Kier alpha value is -3.98. The number of aliphatic hydroxyl groups excluding tert-OH is 1. The Balaban J connectivity index is 1.58. The number of esters is 1. The van der Waals surface area contributed by atoms with Crippen LogP contribution in [0.4, 0.5) is 5.95 Å². The van der Waals surface area contributed by atoms with Crippen molar-refractivity contribution in [1.29, 1.82) is 0 Å². The molecule has 1 saturated heterocycles. The number of nitrogens with one attached hydrogen (secondary N) is 1. The lowest BCUT2D eigenvalue weighted by Gasteiger charge is -2.25. The second kappa shape index (κ2) is 13.3. The molecular weight excluding hydrogens is 573 g/mol. The summed E-state index contributed by atoms with van der Waals surface area (Å²) in [6, 6.07) is 5.92. The van der Waals surface area contributed by atoms with Gasteiger partial charge >= 0.3 is 13.7 Å². The van der Waals surface area contributed by atoms with Gasteiger partial charge in [-0.25, -0.2) is 9.55 Å². The molecule has 6 atom stereocenters. The lowest BCUT2D eigenvalue weighted by atomic mass is 10.1. The lowest BCUT2D eigenvalue weighted by molar-refractivity contribution is -0.149. The van der Waals surface area contributed by atoms with Crippen LogP contribution in [0.15, 0.2) is 41.8 Å². The minimum atomic E-state index is -4.27. The fraction of sp³-hybridized carbons (Fsp3) is 0.500. The maximum Gasteiger partial charge on any atom is 0.459 e. The molecule has 0 amide bonds. The Morgan fingerprint density at radius 2 is 2.05 bits per heavy atom. The monoisotopic (exact) mass is 605 g/mol. The van der Waals surface area contributed by atoms with Gasteiger partial charge in [0.05, 0.1) is 31.7 Å². The number of imidazole rings is 1. The summed E-state index contributed by atoms with van der Waals surface area (Å²) in [5.74, 6) is -0.428. The summed E-state index contributed by atoms with van der Waals surface area (Å²) in [6.07, 6.45) is -2.74. The van der Waals surface area contributed by atoms with Crippen LogP contribution in [0.5, 0.6) is 11.6 Å². The molecule has 2 aromatic heterocycles. The van der Waals surface area contributed by atoms with Crippen LogP contribution in [0.3, 0.4) is 0 Å². The summed E-state index contributed by atoms with van der Waals surface area (Å²) in [6.45, 7) is 6.37. The summed E-state index contributed by atoms with van der Waals surface area (Å²) in [5.41, 5.74) is 15.5. The van der Waals surface area contributed by atoms with Crippen molar-refractivity contribution in [2.75, 3.05) is 18.9 Å². The maximum atomic E-state index is 13.8. The van der Waals surface area contributed by atoms with Crippen molar-refractivity contribution in [3.8, 4) is 11.6 Å². The first-order chi connectivity index (χ1) is 20.0. The molecule has 3 aromatic rings. The summed E-state index contributed by atoms with van der Waals surface area (Å²) in [5, 5.41) is 17.3. The number of nitrogens with two attached hydrogens (primary N) is 1. The molecule has 0 unspecified atom stereocenters. The van der Waals surface area contributed by atoms with E-state index in [4.69, 9.17) is 29.0 Å². The molecule has 1 fully saturated rings. The number of fused-ring (bicyclic) bond motifs is 1. The number of anilines is 1. The van der Waals surface area contributed by atoms with Crippen LogP contribution in [-0.4, -0.2) is 74.2 Å².